The molecule has 0 aromatic heterocycles. The summed E-state index contributed by atoms with van der Waals surface area (Å²) < 4.78 is 0. The molecule has 98 valence electrons. The van der Waals surface area contributed by atoms with Gasteiger partial charge in [0, 0.05) is 10.9 Å². The van der Waals surface area contributed by atoms with E-state index in [9.17, 15) is 9.90 Å². The molecule has 1 saturated carbocycles. The van der Waals surface area contributed by atoms with Gasteiger partial charge >= 0.3 is 5.97 Å². The Morgan fingerprint density at radius 2 is 2.00 bits per heavy atom. The van der Waals surface area contributed by atoms with E-state index in [1.54, 1.807) is 11.8 Å². The number of carbonyl (C=O) groups is 1. The molecule has 3 nitrogen and oxygen atoms in total. The van der Waals surface area contributed by atoms with Crippen molar-refractivity contribution in [2.45, 2.75) is 30.2 Å². The van der Waals surface area contributed by atoms with Crippen LogP contribution in [0.25, 0.3) is 0 Å². The standard InChI is InChI=1S/C14H19NO2S/c1-15-12(14(13(16)17)8-3-9-14)10-4-6-11(18-2)7-5-10/h4-7,12,15H,3,8-9H2,1-2H3,(H,16,17). The van der Waals surface area contributed by atoms with Crippen molar-refractivity contribution in [2.75, 3.05) is 13.3 Å². The second kappa shape index (κ2) is 5.33. The molecule has 4 heteroatoms. The fraction of sp³-hybridized carbons (Fsp3) is 0.500. The molecule has 1 aromatic rings. The minimum Gasteiger partial charge on any atom is -0.481 e. The van der Waals surface area contributed by atoms with Gasteiger partial charge in [-0.25, -0.2) is 0 Å². The predicted molar refractivity (Wildman–Crippen MR) is 73.9 cm³/mol. The first kappa shape index (κ1) is 13.4. The summed E-state index contributed by atoms with van der Waals surface area (Å²) in [6, 6.07) is 8.09. The lowest BCUT2D eigenvalue weighted by Crippen LogP contribution is -2.47. The molecule has 1 aromatic carbocycles. The van der Waals surface area contributed by atoms with Gasteiger partial charge in [0.1, 0.15) is 0 Å². The third-order valence-electron chi connectivity index (χ3n) is 3.96. The summed E-state index contributed by atoms with van der Waals surface area (Å²) in [6.45, 7) is 0. The van der Waals surface area contributed by atoms with E-state index in [4.69, 9.17) is 0 Å². The number of thioether (sulfide) groups is 1. The summed E-state index contributed by atoms with van der Waals surface area (Å²) in [7, 11) is 1.84. The molecule has 0 bridgehead atoms. The van der Waals surface area contributed by atoms with Gasteiger partial charge in [-0.1, -0.05) is 18.6 Å². The Hall–Kier alpha value is -1.00. The zero-order chi connectivity index (χ0) is 13.2. The van der Waals surface area contributed by atoms with Crippen LogP contribution in [0.1, 0.15) is 30.9 Å². The summed E-state index contributed by atoms with van der Waals surface area (Å²) >= 11 is 1.69. The molecule has 2 N–H and O–H groups in total. The van der Waals surface area contributed by atoms with E-state index in [-0.39, 0.29) is 6.04 Å². The number of carboxylic acid groups (broad SMARTS) is 1. The molecule has 0 radical (unpaired) electrons. The number of hydrogen-bond acceptors (Lipinski definition) is 3. The number of hydrogen-bond donors (Lipinski definition) is 2. The summed E-state index contributed by atoms with van der Waals surface area (Å²) in [5, 5.41) is 12.7. The molecule has 1 aliphatic carbocycles. The summed E-state index contributed by atoms with van der Waals surface area (Å²) in [4.78, 5) is 12.8. The second-order valence-electron chi connectivity index (χ2n) is 4.81. The first-order chi connectivity index (χ1) is 8.64. The molecule has 1 fully saturated rings. The molecule has 1 aliphatic rings. The van der Waals surface area contributed by atoms with E-state index in [1.807, 2.05) is 25.4 Å². The van der Waals surface area contributed by atoms with Crippen molar-refractivity contribution in [1.29, 1.82) is 0 Å². The molecule has 0 saturated heterocycles. The van der Waals surface area contributed by atoms with Gasteiger partial charge in [0.25, 0.3) is 0 Å². The smallest absolute Gasteiger partial charge is 0.311 e. The molecule has 0 spiro atoms. The Bertz CT molecular complexity index is 426. The second-order valence-corrected chi connectivity index (χ2v) is 5.69. The first-order valence-corrected chi connectivity index (χ1v) is 7.41. The highest BCUT2D eigenvalue weighted by Crippen LogP contribution is 2.50. The Morgan fingerprint density at radius 3 is 2.33 bits per heavy atom. The maximum Gasteiger partial charge on any atom is 0.311 e. The van der Waals surface area contributed by atoms with E-state index >= 15 is 0 Å². The highest BCUT2D eigenvalue weighted by atomic mass is 32.2. The van der Waals surface area contributed by atoms with Crippen molar-refractivity contribution >= 4 is 17.7 Å². The van der Waals surface area contributed by atoms with Crippen molar-refractivity contribution in [3.63, 3.8) is 0 Å². The van der Waals surface area contributed by atoms with Crippen molar-refractivity contribution in [1.82, 2.24) is 5.32 Å². The van der Waals surface area contributed by atoms with Crippen molar-refractivity contribution < 1.29 is 9.90 Å². The zero-order valence-corrected chi connectivity index (χ0v) is 11.6. The quantitative estimate of drug-likeness (QED) is 0.804. The minimum absolute atomic E-state index is 0.0975. The van der Waals surface area contributed by atoms with Gasteiger partial charge in [0.15, 0.2) is 0 Å². The number of nitrogens with one attached hydrogen (secondary N) is 1. The Morgan fingerprint density at radius 1 is 1.39 bits per heavy atom. The summed E-state index contributed by atoms with van der Waals surface area (Å²) in [6.07, 6.45) is 4.57. The van der Waals surface area contributed by atoms with E-state index in [2.05, 4.69) is 17.4 Å². The third-order valence-corrected chi connectivity index (χ3v) is 4.71. The average Bonchev–Trinajstić information content (AvgIpc) is 2.33. The van der Waals surface area contributed by atoms with E-state index < -0.39 is 11.4 Å². The molecule has 0 heterocycles. The normalized spacial score (nSPS) is 19.0. The van der Waals surface area contributed by atoms with Gasteiger partial charge in [-0.05, 0) is 43.8 Å². The van der Waals surface area contributed by atoms with Gasteiger partial charge in [-0.3, -0.25) is 4.79 Å². The molecular weight excluding hydrogens is 246 g/mol. The molecule has 0 aliphatic heterocycles. The lowest BCUT2D eigenvalue weighted by Gasteiger charge is -2.44. The van der Waals surface area contributed by atoms with Crippen LogP contribution in [0.3, 0.4) is 0 Å². The van der Waals surface area contributed by atoms with Gasteiger partial charge in [0.2, 0.25) is 0 Å². The lowest BCUT2D eigenvalue weighted by molar-refractivity contribution is -0.157. The Balaban J connectivity index is 2.29. The molecule has 1 unspecified atom stereocenters. The molecule has 0 amide bonds. The fourth-order valence-corrected chi connectivity index (χ4v) is 3.15. The highest BCUT2D eigenvalue weighted by Gasteiger charge is 2.50. The van der Waals surface area contributed by atoms with Crippen LogP contribution in [0.15, 0.2) is 29.2 Å². The van der Waals surface area contributed by atoms with Gasteiger partial charge < -0.3 is 10.4 Å². The largest absolute Gasteiger partial charge is 0.481 e. The van der Waals surface area contributed by atoms with Gasteiger partial charge in [-0.2, -0.15) is 0 Å². The van der Waals surface area contributed by atoms with Gasteiger partial charge in [0.05, 0.1) is 5.41 Å². The minimum atomic E-state index is -0.679. The van der Waals surface area contributed by atoms with E-state index in [0.29, 0.717) is 0 Å². The average molecular weight is 265 g/mol. The van der Waals surface area contributed by atoms with Crippen LogP contribution in [0.5, 0.6) is 0 Å². The topological polar surface area (TPSA) is 49.3 Å². The van der Waals surface area contributed by atoms with Crippen LogP contribution >= 0.6 is 11.8 Å². The van der Waals surface area contributed by atoms with Crippen LogP contribution < -0.4 is 5.32 Å². The monoisotopic (exact) mass is 265 g/mol. The SMILES string of the molecule is CNC(c1ccc(SC)cc1)C1(C(=O)O)CCC1. The van der Waals surface area contributed by atoms with Crippen LogP contribution in [0.2, 0.25) is 0 Å². The maximum absolute atomic E-state index is 11.6. The fourth-order valence-electron chi connectivity index (χ4n) is 2.74. The van der Waals surface area contributed by atoms with Gasteiger partial charge in [-0.15, -0.1) is 11.8 Å². The number of carboxylic acids is 1. The third kappa shape index (κ3) is 2.15. The van der Waals surface area contributed by atoms with Crippen LogP contribution in [0.4, 0.5) is 0 Å². The van der Waals surface area contributed by atoms with E-state index in [0.717, 1.165) is 24.8 Å². The first-order valence-electron chi connectivity index (χ1n) is 6.18. The van der Waals surface area contributed by atoms with Crippen molar-refractivity contribution in [3.8, 4) is 0 Å². The molecular formula is C14H19NO2S. The van der Waals surface area contributed by atoms with Crippen LogP contribution in [0, 0.1) is 5.41 Å². The van der Waals surface area contributed by atoms with Crippen LogP contribution in [-0.2, 0) is 4.79 Å². The lowest BCUT2D eigenvalue weighted by atomic mass is 9.62. The van der Waals surface area contributed by atoms with Crippen LogP contribution in [-0.4, -0.2) is 24.4 Å². The Kier molecular flexibility index (Phi) is 3.97. The molecule has 2 rings (SSSR count). The summed E-state index contributed by atoms with van der Waals surface area (Å²) in [5.41, 5.74) is 0.452. The zero-order valence-electron chi connectivity index (χ0n) is 10.8. The van der Waals surface area contributed by atoms with Crippen molar-refractivity contribution in [3.05, 3.63) is 29.8 Å². The van der Waals surface area contributed by atoms with E-state index in [1.165, 1.54) is 4.90 Å². The summed E-state index contributed by atoms with van der Waals surface area (Å²) in [5.74, 6) is -0.679. The maximum atomic E-state index is 11.6. The van der Waals surface area contributed by atoms with Crippen molar-refractivity contribution in [2.24, 2.45) is 5.41 Å². The molecule has 1 atom stereocenters. The molecule has 18 heavy (non-hydrogen) atoms. The highest BCUT2D eigenvalue weighted by molar-refractivity contribution is 7.98. The predicted octanol–water partition coefficient (Wildman–Crippen LogP) is 2.92. The number of aliphatic carboxylic acids is 1. The number of rotatable bonds is 5. The number of benzene rings is 1. The Labute approximate surface area is 112 Å².